The van der Waals surface area contributed by atoms with Gasteiger partial charge in [-0.05, 0) is 37.3 Å². The summed E-state index contributed by atoms with van der Waals surface area (Å²) in [5.74, 6) is 0. The van der Waals surface area contributed by atoms with Crippen LogP contribution in [0.2, 0.25) is 0 Å². The fraction of sp³-hybridized carbons (Fsp3) is 0.600. The first-order chi connectivity index (χ1) is 9.18. The monoisotopic (exact) mass is 279 g/mol. The molecule has 4 heteroatoms. The Morgan fingerprint density at radius 2 is 2.05 bits per heavy atom. The SMILES string of the molecule is CC1OCCC1S(=O)C1CCc2ccccc2C1N. The van der Waals surface area contributed by atoms with Crippen LogP contribution >= 0.6 is 0 Å². The van der Waals surface area contributed by atoms with Crippen LogP contribution in [0.3, 0.4) is 0 Å². The molecule has 5 atom stereocenters. The van der Waals surface area contributed by atoms with Gasteiger partial charge in [0, 0.05) is 23.4 Å². The molecule has 1 aliphatic heterocycles. The lowest BCUT2D eigenvalue weighted by atomic mass is 9.88. The predicted octanol–water partition coefficient (Wildman–Crippen LogP) is 1.93. The van der Waals surface area contributed by atoms with E-state index in [-0.39, 0.29) is 22.6 Å². The average molecular weight is 279 g/mol. The van der Waals surface area contributed by atoms with Gasteiger partial charge < -0.3 is 10.5 Å². The van der Waals surface area contributed by atoms with Crippen LogP contribution in [0, 0.1) is 0 Å². The maximum atomic E-state index is 12.8. The molecule has 1 aromatic rings. The molecule has 0 saturated carbocycles. The standard InChI is InChI=1S/C15H21NO2S/c1-10-13(8-9-18-10)19(17)14-7-6-11-4-2-3-5-12(11)15(14)16/h2-5,10,13-15H,6-9,16H2,1H3. The highest BCUT2D eigenvalue weighted by atomic mass is 32.2. The molecule has 0 amide bonds. The summed E-state index contributed by atoms with van der Waals surface area (Å²) < 4.78 is 18.3. The molecular weight excluding hydrogens is 258 g/mol. The van der Waals surface area contributed by atoms with Gasteiger partial charge >= 0.3 is 0 Å². The molecule has 0 aromatic heterocycles. The Labute approximate surface area is 117 Å². The van der Waals surface area contributed by atoms with Crippen LogP contribution in [-0.4, -0.2) is 27.4 Å². The van der Waals surface area contributed by atoms with Crippen LogP contribution in [0.15, 0.2) is 24.3 Å². The van der Waals surface area contributed by atoms with Gasteiger partial charge in [-0.25, -0.2) is 0 Å². The summed E-state index contributed by atoms with van der Waals surface area (Å²) in [6.07, 6.45) is 2.92. The summed E-state index contributed by atoms with van der Waals surface area (Å²) in [6.45, 7) is 2.76. The zero-order valence-corrected chi connectivity index (χ0v) is 12.1. The molecule has 104 valence electrons. The molecule has 1 aromatic carbocycles. The number of rotatable bonds is 2. The van der Waals surface area contributed by atoms with Gasteiger partial charge in [0.25, 0.3) is 0 Å². The maximum absolute atomic E-state index is 12.8. The van der Waals surface area contributed by atoms with Gasteiger partial charge in [0.1, 0.15) is 0 Å². The fourth-order valence-corrected chi connectivity index (χ4v) is 5.29. The average Bonchev–Trinajstić information content (AvgIpc) is 2.85. The summed E-state index contributed by atoms with van der Waals surface area (Å²) in [4.78, 5) is 0. The lowest BCUT2D eigenvalue weighted by molar-refractivity contribution is 0.126. The van der Waals surface area contributed by atoms with E-state index >= 15 is 0 Å². The molecule has 0 spiro atoms. The van der Waals surface area contributed by atoms with Gasteiger partial charge in [0.05, 0.1) is 16.6 Å². The highest BCUT2D eigenvalue weighted by Crippen LogP contribution is 2.34. The summed E-state index contributed by atoms with van der Waals surface area (Å²) in [5, 5.41) is 0.227. The first-order valence-electron chi connectivity index (χ1n) is 7.03. The Hall–Kier alpha value is -0.710. The topological polar surface area (TPSA) is 52.3 Å². The van der Waals surface area contributed by atoms with E-state index in [2.05, 4.69) is 18.2 Å². The van der Waals surface area contributed by atoms with E-state index in [4.69, 9.17) is 10.5 Å². The second kappa shape index (κ2) is 5.35. The predicted molar refractivity (Wildman–Crippen MR) is 77.4 cm³/mol. The van der Waals surface area contributed by atoms with Gasteiger partial charge in [-0.1, -0.05) is 24.3 Å². The second-order valence-electron chi connectivity index (χ2n) is 5.53. The third kappa shape index (κ3) is 2.37. The number of ether oxygens (including phenoxy) is 1. The first kappa shape index (κ1) is 13.3. The third-order valence-electron chi connectivity index (χ3n) is 4.42. The Morgan fingerprint density at radius 1 is 1.26 bits per heavy atom. The minimum absolute atomic E-state index is 0.0732. The molecular formula is C15H21NO2S. The Bertz CT molecular complexity index is 491. The van der Waals surface area contributed by atoms with Crippen LogP contribution < -0.4 is 5.73 Å². The molecule has 2 N–H and O–H groups in total. The smallest absolute Gasteiger partial charge is 0.0691 e. The van der Waals surface area contributed by atoms with E-state index < -0.39 is 10.8 Å². The lowest BCUT2D eigenvalue weighted by Crippen LogP contribution is -2.40. The highest BCUT2D eigenvalue weighted by Gasteiger charge is 2.38. The van der Waals surface area contributed by atoms with Crippen LogP contribution in [0.4, 0.5) is 0 Å². The second-order valence-corrected chi connectivity index (χ2v) is 7.40. The molecule has 1 saturated heterocycles. The minimum Gasteiger partial charge on any atom is -0.377 e. The Balaban J connectivity index is 1.82. The number of hydrogen-bond donors (Lipinski definition) is 1. The van der Waals surface area contributed by atoms with Crippen LogP contribution in [-0.2, 0) is 22.0 Å². The molecule has 1 aliphatic carbocycles. The Kier molecular flexibility index (Phi) is 3.74. The number of hydrogen-bond acceptors (Lipinski definition) is 3. The van der Waals surface area contributed by atoms with E-state index in [1.165, 1.54) is 11.1 Å². The summed E-state index contributed by atoms with van der Waals surface area (Å²) >= 11 is 0. The van der Waals surface area contributed by atoms with Crippen LogP contribution in [0.5, 0.6) is 0 Å². The number of nitrogens with two attached hydrogens (primary N) is 1. The van der Waals surface area contributed by atoms with Crippen molar-refractivity contribution < 1.29 is 8.95 Å². The van der Waals surface area contributed by atoms with Crippen molar-refractivity contribution >= 4 is 10.8 Å². The molecule has 3 rings (SSSR count). The van der Waals surface area contributed by atoms with Crippen molar-refractivity contribution in [3.63, 3.8) is 0 Å². The fourth-order valence-electron chi connectivity index (χ4n) is 3.27. The normalized spacial score (nSPS) is 35.9. The van der Waals surface area contributed by atoms with Crippen LogP contribution in [0.25, 0.3) is 0 Å². The molecule has 1 fully saturated rings. The summed E-state index contributed by atoms with van der Waals surface area (Å²) in [5.41, 5.74) is 8.87. The van der Waals surface area contributed by atoms with Crippen molar-refractivity contribution in [3.05, 3.63) is 35.4 Å². The first-order valence-corrected chi connectivity index (χ1v) is 8.30. The van der Waals surface area contributed by atoms with Gasteiger partial charge in [0.15, 0.2) is 0 Å². The molecule has 3 nitrogen and oxygen atoms in total. The summed E-state index contributed by atoms with van der Waals surface area (Å²) in [6, 6.07) is 8.19. The van der Waals surface area contributed by atoms with Crippen molar-refractivity contribution in [2.75, 3.05) is 6.61 Å². The molecule has 0 radical (unpaired) electrons. The number of aryl methyl sites for hydroxylation is 1. The van der Waals surface area contributed by atoms with E-state index in [0.717, 1.165) is 25.9 Å². The minimum atomic E-state index is -0.899. The number of fused-ring (bicyclic) bond motifs is 1. The third-order valence-corrected chi connectivity index (χ3v) is 6.76. The zero-order valence-electron chi connectivity index (χ0n) is 11.2. The largest absolute Gasteiger partial charge is 0.377 e. The zero-order chi connectivity index (χ0) is 13.4. The highest BCUT2D eigenvalue weighted by molar-refractivity contribution is 7.86. The number of benzene rings is 1. The van der Waals surface area contributed by atoms with Gasteiger partial charge in [-0.2, -0.15) is 0 Å². The van der Waals surface area contributed by atoms with Gasteiger partial charge in [-0.15, -0.1) is 0 Å². The lowest BCUT2D eigenvalue weighted by Gasteiger charge is -2.32. The van der Waals surface area contributed by atoms with Crippen molar-refractivity contribution in [3.8, 4) is 0 Å². The summed E-state index contributed by atoms with van der Waals surface area (Å²) in [7, 11) is -0.899. The van der Waals surface area contributed by atoms with Gasteiger partial charge in [-0.3, -0.25) is 4.21 Å². The van der Waals surface area contributed by atoms with E-state index in [0.29, 0.717) is 0 Å². The molecule has 19 heavy (non-hydrogen) atoms. The maximum Gasteiger partial charge on any atom is 0.0691 e. The van der Waals surface area contributed by atoms with Crippen LogP contribution in [0.1, 0.15) is 36.9 Å². The molecule has 0 bridgehead atoms. The quantitative estimate of drug-likeness (QED) is 0.900. The molecule has 1 heterocycles. The van der Waals surface area contributed by atoms with E-state index in [9.17, 15) is 4.21 Å². The van der Waals surface area contributed by atoms with E-state index in [1.54, 1.807) is 0 Å². The van der Waals surface area contributed by atoms with E-state index in [1.807, 2.05) is 13.0 Å². The molecule has 2 aliphatic rings. The van der Waals surface area contributed by atoms with Gasteiger partial charge in [0.2, 0.25) is 0 Å². The van der Waals surface area contributed by atoms with Crippen molar-refractivity contribution in [1.82, 2.24) is 0 Å². The molecule has 5 unspecified atom stereocenters. The van der Waals surface area contributed by atoms with Crippen molar-refractivity contribution in [2.24, 2.45) is 5.73 Å². The van der Waals surface area contributed by atoms with Crippen molar-refractivity contribution in [2.45, 2.75) is 48.8 Å². The Morgan fingerprint density at radius 3 is 2.79 bits per heavy atom. The van der Waals surface area contributed by atoms with Crippen molar-refractivity contribution in [1.29, 1.82) is 0 Å².